The Bertz CT molecular complexity index is 636. The van der Waals surface area contributed by atoms with Gasteiger partial charge in [-0.2, -0.15) is 0 Å². The third-order valence-corrected chi connectivity index (χ3v) is 5.53. The van der Waals surface area contributed by atoms with Crippen molar-refractivity contribution in [3.05, 3.63) is 57.2 Å². The fourth-order valence-electron chi connectivity index (χ4n) is 3.08. The molecule has 0 saturated carbocycles. The highest BCUT2D eigenvalue weighted by Gasteiger charge is 2.31. The van der Waals surface area contributed by atoms with E-state index in [2.05, 4.69) is 22.4 Å². The Balaban J connectivity index is 1.88. The standard InChI is InChI=1S/C17H18ClNO2S/c18-14-5-2-1-4-13(14)16(15-6-3-11-22-15)19-9-7-12(8-10-19)17(20)21/h1-6,11-12,16H,7-10H2,(H,20,21). The van der Waals surface area contributed by atoms with Crippen LogP contribution >= 0.6 is 22.9 Å². The van der Waals surface area contributed by atoms with Gasteiger partial charge in [-0.1, -0.05) is 35.9 Å². The van der Waals surface area contributed by atoms with E-state index in [1.54, 1.807) is 11.3 Å². The molecule has 1 unspecified atom stereocenters. The molecule has 116 valence electrons. The van der Waals surface area contributed by atoms with E-state index in [1.165, 1.54) is 4.88 Å². The first-order valence-electron chi connectivity index (χ1n) is 7.41. The lowest BCUT2D eigenvalue weighted by Crippen LogP contribution is -2.39. The highest BCUT2D eigenvalue weighted by Crippen LogP contribution is 2.37. The van der Waals surface area contributed by atoms with E-state index in [4.69, 9.17) is 11.6 Å². The summed E-state index contributed by atoms with van der Waals surface area (Å²) in [5.74, 6) is -0.892. The minimum atomic E-state index is -0.676. The maximum atomic E-state index is 11.1. The second-order valence-corrected chi connectivity index (χ2v) is 6.97. The summed E-state index contributed by atoms with van der Waals surface area (Å²) in [6, 6.07) is 12.2. The van der Waals surface area contributed by atoms with Gasteiger partial charge in [0.1, 0.15) is 0 Å². The van der Waals surface area contributed by atoms with Gasteiger partial charge in [-0.05, 0) is 49.0 Å². The summed E-state index contributed by atoms with van der Waals surface area (Å²) >= 11 is 8.14. The van der Waals surface area contributed by atoms with E-state index >= 15 is 0 Å². The van der Waals surface area contributed by atoms with Crippen LogP contribution in [0.1, 0.15) is 29.3 Å². The molecule has 0 bridgehead atoms. The predicted octanol–water partition coefficient (Wildman–Crippen LogP) is 4.29. The minimum Gasteiger partial charge on any atom is -0.481 e. The molecule has 1 fully saturated rings. The van der Waals surface area contributed by atoms with Gasteiger partial charge in [0.15, 0.2) is 0 Å². The van der Waals surface area contributed by atoms with Crippen molar-refractivity contribution in [1.82, 2.24) is 4.90 Å². The van der Waals surface area contributed by atoms with Crippen LogP contribution in [0.2, 0.25) is 5.02 Å². The highest BCUT2D eigenvalue weighted by molar-refractivity contribution is 7.10. The normalized spacial score (nSPS) is 18.2. The molecule has 5 heteroatoms. The van der Waals surface area contributed by atoms with Crippen LogP contribution < -0.4 is 0 Å². The van der Waals surface area contributed by atoms with Crippen molar-refractivity contribution >= 4 is 28.9 Å². The molecule has 2 heterocycles. The molecule has 2 aromatic rings. The van der Waals surface area contributed by atoms with Crippen LogP contribution in [0, 0.1) is 5.92 Å². The summed E-state index contributed by atoms with van der Waals surface area (Å²) in [6.45, 7) is 1.56. The van der Waals surface area contributed by atoms with Crippen molar-refractivity contribution in [3.8, 4) is 0 Å². The molecule has 1 aromatic heterocycles. The molecule has 3 nitrogen and oxygen atoms in total. The molecule has 0 aliphatic carbocycles. The molecule has 0 radical (unpaired) electrons. The SMILES string of the molecule is O=C(O)C1CCN(C(c2cccs2)c2ccccc2Cl)CC1. The number of benzene rings is 1. The van der Waals surface area contributed by atoms with Crippen molar-refractivity contribution in [2.45, 2.75) is 18.9 Å². The van der Waals surface area contributed by atoms with Gasteiger partial charge in [-0.25, -0.2) is 0 Å². The Labute approximate surface area is 139 Å². The van der Waals surface area contributed by atoms with Gasteiger partial charge in [0.2, 0.25) is 0 Å². The van der Waals surface area contributed by atoms with Crippen LogP contribution in [0.3, 0.4) is 0 Å². The quantitative estimate of drug-likeness (QED) is 0.906. The fraction of sp³-hybridized carbons (Fsp3) is 0.353. The molecule has 1 aromatic carbocycles. The zero-order chi connectivity index (χ0) is 15.5. The van der Waals surface area contributed by atoms with E-state index in [0.717, 1.165) is 23.7 Å². The number of carboxylic acids is 1. The van der Waals surface area contributed by atoms with Crippen molar-refractivity contribution in [3.63, 3.8) is 0 Å². The Morgan fingerprint density at radius 2 is 1.95 bits per heavy atom. The molecule has 0 spiro atoms. The topological polar surface area (TPSA) is 40.5 Å². The third-order valence-electron chi connectivity index (χ3n) is 4.26. The number of halogens is 1. The Hall–Kier alpha value is -1.36. The van der Waals surface area contributed by atoms with E-state index in [-0.39, 0.29) is 12.0 Å². The van der Waals surface area contributed by atoms with Crippen LogP contribution in [0.4, 0.5) is 0 Å². The smallest absolute Gasteiger partial charge is 0.306 e. The number of nitrogens with zero attached hydrogens (tertiary/aromatic N) is 1. The van der Waals surface area contributed by atoms with Crippen molar-refractivity contribution in [1.29, 1.82) is 0 Å². The number of piperidine rings is 1. The van der Waals surface area contributed by atoms with Gasteiger partial charge in [0.25, 0.3) is 0 Å². The number of carbonyl (C=O) groups is 1. The van der Waals surface area contributed by atoms with Crippen molar-refractivity contribution in [2.75, 3.05) is 13.1 Å². The van der Waals surface area contributed by atoms with E-state index < -0.39 is 5.97 Å². The number of aliphatic carboxylic acids is 1. The molecular formula is C17H18ClNO2S. The largest absolute Gasteiger partial charge is 0.481 e. The molecule has 1 N–H and O–H groups in total. The van der Waals surface area contributed by atoms with E-state index in [1.807, 2.05) is 24.3 Å². The monoisotopic (exact) mass is 335 g/mol. The Morgan fingerprint density at radius 3 is 2.55 bits per heavy atom. The van der Waals surface area contributed by atoms with Gasteiger partial charge >= 0.3 is 5.97 Å². The number of hydrogen-bond donors (Lipinski definition) is 1. The molecule has 22 heavy (non-hydrogen) atoms. The molecular weight excluding hydrogens is 318 g/mol. The summed E-state index contributed by atoms with van der Waals surface area (Å²) < 4.78 is 0. The van der Waals surface area contributed by atoms with E-state index in [0.29, 0.717) is 12.8 Å². The fourth-order valence-corrected chi connectivity index (χ4v) is 4.19. The predicted molar refractivity (Wildman–Crippen MR) is 89.5 cm³/mol. The highest BCUT2D eigenvalue weighted by atomic mass is 35.5. The first-order valence-corrected chi connectivity index (χ1v) is 8.67. The zero-order valence-electron chi connectivity index (χ0n) is 12.1. The summed E-state index contributed by atoms with van der Waals surface area (Å²) in [5.41, 5.74) is 1.10. The number of hydrogen-bond acceptors (Lipinski definition) is 3. The van der Waals surface area contributed by atoms with E-state index in [9.17, 15) is 9.90 Å². The van der Waals surface area contributed by atoms with Gasteiger partial charge in [-0.15, -0.1) is 11.3 Å². The van der Waals surface area contributed by atoms with Gasteiger partial charge < -0.3 is 5.11 Å². The van der Waals surface area contributed by atoms with Crippen LogP contribution in [-0.2, 0) is 4.79 Å². The zero-order valence-corrected chi connectivity index (χ0v) is 13.7. The van der Waals surface area contributed by atoms with Gasteiger partial charge in [-0.3, -0.25) is 9.69 Å². The second kappa shape index (κ2) is 6.82. The molecule has 0 amide bonds. The maximum absolute atomic E-state index is 11.1. The summed E-state index contributed by atoms with van der Waals surface area (Å²) in [5, 5.41) is 12.0. The van der Waals surface area contributed by atoms with Crippen LogP contribution in [-0.4, -0.2) is 29.1 Å². The number of likely N-dealkylation sites (tertiary alicyclic amines) is 1. The van der Waals surface area contributed by atoms with Crippen LogP contribution in [0.15, 0.2) is 41.8 Å². The molecule has 1 atom stereocenters. The number of thiophene rings is 1. The molecule has 1 aliphatic heterocycles. The molecule has 1 aliphatic rings. The van der Waals surface area contributed by atoms with Crippen LogP contribution in [0.5, 0.6) is 0 Å². The lowest BCUT2D eigenvalue weighted by Gasteiger charge is -2.36. The van der Waals surface area contributed by atoms with Gasteiger partial charge in [0, 0.05) is 9.90 Å². The first-order chi connectivity index (χ1) is 10.7. The average molecular weight is 336 g/mol. The summed E-state index contributed by atoms with van der Waals surface area (Å²) in [4.78, 5) is 14.8. The lowest BCUT2D eigenvalue weighted by atomic mass is 9.94. The van der Waals surface area contributed by atoms with Crippen molar-refractivity contribution in [2.24, 2.45) is 5.92 Å². The summed E-state index contributed by atoms with van der Waals surface area (Å²) in [6.07, 6.45) is 1.39. The lowest BCUT2D eigenvalue weighted by molar-refractivity contribution is -0.143. The third kappa shape index (κ3) is 3.19. The summed E-state index contributed by atoms with van der Waals surface area (Å²) in [7, 11) is 0. The second-order valence-electron chi connectivity index (χ2n) is 5.59. The number of carboxylic acid groups (broad SMARTS) is 1. The van der Waals surface area contributed by atoms with Gasteiger partial charge in [0.05, 0.1) is 12.0 Å². The molecule has 1 saturated heterocycles. The van der Waals surface area contributed by atoms with Crippen molar-refractivity contribution < 1.29 is 9.90 Å². The number of rotatable bonds is 4. The average Bonchev–Trinajstić information content (AvgIpc) is 3.04. The maximum Gasteiger partial charge on any atom is 0.306 e. The van der Waals surface area contributed by atoms with Crippen LogP contribution in [0.25, 0.3) is 0 Å². The minimum absolute atomic E-state index is 0.114. The Morgan fingerprint density at radius 1 is 1.23 bits per heavy atom. The Kier molecular flexibility index (Phi) is 4.81. The first kappa shape index (κ1) is 15.5. The molecule has 3 rings (SSSR count).